The minimum Gasteiger partial charge on any atom is -0.512 e. The van der Waals surface area contributed by atoms with Gasteiger partial charge in [0.2, 0.25) is 0 Å². The fourth-order valence-electron chi connectivity index (χ4n) is 0. The van der Waals surface area contributed by atoms with Crippen molar-refractivity contribution in [1.29, 1.82) is 31.6 Å². The van der Waals surface area contributed by atoms with Crippen LogP contribution in [0.4, 0.5) is 0 Å². The zero-order valence-corrected chi connectivity index (χ0v) is 10.1. The van der Waals surface area contributed by atoms with Gasteiger partial charge in [-0.2, -0.15) is 0 Å². The van der Waals surface area contributed by atoms with Gasteiger partial charge < -0.3 is 71.0 Å². The third-order valence-corrected chi connectivity index (χ3v) is 0. The van der Waals surface area contributed by atoms with E-state index < -0.39 is 0 Å². The quantitative estimate of drug-likeness (QED) is 0.444. The number of hydrogen-bond acceptors (Lipinski definition) is 6. The first-order valence-corrected chi connectivity index (χ1v) is 1.34. The van der Waals surface area contributed by atoms with E-state index in [9.17, 15) is 0 Å². The van der Waals surface area contributed by atoms with Crippen molar-refractivity contribution in [1.82, 2.24) is 0 Å². The molecular weight excluding hydrogens is 252 g/mol. The summed E-state index contributed by atoms with van der Waals surface area (Å²) < 4.78 is 0. The molecule has 0 amide bonds. The van der Waals surface area contributed by atoms with Gasteiger partial charge in [0.15, 0.2) is 0 Å². The molecule has 0 bridgehead atoms. The standard InChI is InChI=1S/6CN.Ca.Fe/c6*1-2;;/q6*-1;+2;+4. The minimum atomic E-state index is 0. The summed E-state index contributed by atoms with van der Waals surface area (Å²) in [6.07, 6.45) is 0. The monoisotopic (exact) mass is 252 g/mol. The second kappa shape index (κ2) is 821. The Morgan fingerprint density at radius 1 is 0.357 bits per heavy atom. The topological polar surface area (TPSA) is 143 Å². The Morgan fingerprint density at radius 3 is 0.357 bits per heavy atom. The largest absolute Gasteiger partial charge is 4.00 e. The summed E-state index contributed by atoms with van der Waals surface area (Å²) in [5, 5.41) is 37.5. The van der Waals surface area contributed by atoms with Crippen molar-refractivity contribution in [2.45, 2.75) is 0 Å². The van der Waals surface area contributed by atoms with Gasteiger partial charge in [-0.05, 0) is 0 Å². The van der Waals surface area contributed by atoms with E-state index in [0.29, 0.717) is 0 Å². The van der Waals surface area contributed by atoms with E-state index in [4.69, 9.17) is 71.0 Å². The van der Waals surface area contributed by atoms with Crippen LogP contribution in [0.15, 0.2) is 0 Å². The summed E-state index contributed by atoms with van der Waals surface area (Å²) in [7, 11) is 0. The average molecular weight is 252 g/mol. The van der Waals surface area contributed by atoms with Crippen LogP contribution >= 0.6 is 0 Å². The number of rotatable bonds is 0. The Balaban J connectivity index is -0.00000000500. The summed E-state index contributed by atoms with van der Waals surface area (Å²) in [6, 6.07) is 0. The Morgan fingerprint density at radius 2 is 0.357 bits per heavy atom. The predicted octanol–water partition coefficient (Wildman–Crippen LogP) is 0.195. The van der Waals surface area contributed by atoms with Gasteiger partial charge in [0.05, 0.1) is 0 Å². The van der Waals surface area contributed by atoms with Crippen LogP contribution in [0.5, 0.6) is 0 Å². The van der Waals surface area contributed by atoms with Crippen molar-refractivity contribution in [2.24, 2.45) is 0 Å². The molecule has 0 aromatic rings. The Bertz CT molecular complexity index is 97.3. The molecule has 0 rings (SSSR count). The molecule has 0 aromatic carbocycles. The van der Waals surface area contributed by atoms with Gasteiger partial charge in [0, 0.05) is 0 Å². The van der Waals surface area contributed by atoms with Gasteiger partial charge in [0.1, 0.15) is 0 Å². The molecule has 14 heavy (non-hydrogen) atoms. The van der Waals surface area contributed by atoms with Crippen molar-refractivity contribution in [3.63, 3.8) is 0 Å². The van der Waals surface area contributed by atoms with E-state index in [1.165, 1.54) is 0 Å². The first kappa shape index (κ1) is 78.4. The fraction of sp³-hybridized carbons (Fsp3) is 0. The van der Waals surface area contributed by atoms with Crippen molar-refractivity contribution < 1.29 is 17.1 Å². The maximum Gasteiger partial charge on any atom is 4.00 e. The van der Waals surface area contributed by atoms with E-state index in [0.717, 1.165) is 0 Å². The van der Waals surface area contributed by atoms with E-state index in [-0.39, 0.29) is 54.8 Å². The van der Waals surface area contributed by atoms with Crippen molar-refractivity contribution in [3.05, 3.63) is 39.4 Å². The normalized spacial score (nSPS) is 0.857. The molecule has 0 N–H and O–H groups in total. The summed E-state index contributed by atoms with van der Waals surface area (Å²) in [5.74, 6) is 0. The van der Waals surface area contributed by atoms with E-state index in [2.05, 4.69) is 0 Å². The molecular formula is C6CaFeN6. The predicted molar refractivity (Wildman–Crippen MR) is 35.6 cm³/mol. The Labute approximate surface area is 125 Å². The molecule has 8 heteroatoms. The average Bonchev–Trinajstić information content (AvgIpc) is 2.33. The SMILES string of the molecule is [C-]#N.[C-]#N.[C-]#N.[C-]#N.[C-]#N.[C-]#N.[Ca+2].[Fe+4]. The molecule has 0 aromatic heterocycles. The molecule has 0 atom stereocenters. The zero-order chi connectivity index (χ0) is 12.0. The van der Waals surface area contributed by atoms with Crippen LogP contribution in [0.2, 0.25) is 0 Å². The maximum absolute atomic E-state index is 6.25. The molecule has 0 spiro atoms. The first-order valence-electron chi connectivity index (χ1n) is 1.34. The van der Waals surface area contributed by atoms with Gasteiger partial charge in [0.25, 0.3) is 0 Å². The van der Waals surface area contributed by atoms with Crippen LogP contribution in [0.25, 0.3) is 0 Å². The smallest absolute Gasteiger partial charge is 0.512 e. The molecule has 0 saturated heterocycles. The van der Waals surface area contributed by atoms with Gasteiger partial charge in [-0.1, -0.05) is 0 Å². The van der Waals surface area contributed by atoms with E-state index in [1.807, 2.05) is 0 Å². The molecule has 0 heterocycles. The van der Waals surface area contributed by atoms with Crippen LogP contribution < -0.4 is 0 Å². The molecule has 0 radical (unpaired) electrons. The van der Waals surface area contributed by atoms with Gasteiger partial charge in [-0.3, -0.25) is 0 Å². The second-order valence-corrected chi connectivity index (χ2v) is 0. The Kier molecular flexibility index (Phi) is 4600. The van der Waals surface area contributed by atoms with E-state index in [1.54, 1.807) is 0 Å². The zero-order valence-electron chi connectivity index (χ0n) is 6.74. The van der Waals surface area contributed by atoms with Crippen molar-refractivity contribution >= 4 is 37.7 Å². The van der Waals surface area contributed by atoms with Gasteiger partial charge in [-0.25, -0.2) is 0 Å². The summed E-state index contributed by atoms with van der Waals surface area (Å²) in [5.41, 5.74) is 0. The molecule has 0 aliphatic carbocycles. The van der Waals surface area contributed by atoms with Crippen LogP contribution in [0, 0.1) is 71.0 Å². The van der Waals surface area contributed by atoms with Crippen LogP contribution in [-0.4, -0.2) is 37.7 Å². The van der Waals surface area contributed by atoms with E-state index >= 15 is 0 Å². The molecule has 0 saturated carbocycles. The molecule has 0 fully saturated rings. The molecule has 0 unspecified atom stereocenters. The first-order chi connectivity index (χ1) is 6.00. The number of nitrogens with zero attached hydrogens (tertiary/aromatic N) is 6. The van der Waals surface area contributed by atoms with Gasteiger partial charge >= 0.3 is 54.8 Å². The summed E-state index contributed by atoms with van der Waals surface area (Å²) >= 11 is 0. The fourth-order valence-corrected chi connectivity index (χ4v) is 0. The van der Waals surface area contributed by atoms with Crippen LogP contribution in [0.3, 0.4) is 0 Å². The third kappa shape index (κ3) is 617. The van der Waals surface area contributed by atoms with Crippen molar-refractivity contribution in [2.75, 3.05) is 0 Å². The molecule has 64 valence electrons. The molecule has 6 nitrogen and oxygen atoms in total. The molecule has 0 aliphatic rings. The summed E-state index contributed by atoms with van der Waals surface area (Å²) in [4.78, 5) is 0. The van der Waals surface area contributed by atoms with Crippen molar-refractivity contribution in [3.8, 4) is 0 Å². The number of hydrogen-bond donors (Lipinski definition) is 0. The van der Waals surface area contributed by atoms with Gasteiger partial charge in [-0.15, -0.1) is 0 Å². The maximum atomic E-state index is 6.25. The molecule has 0 aliphatic heterocycles. The minimum absolute atomic E-state index is 0. The van der Waals surface area contributed by atoms with Crippen LogP contribution in [0.1, 0.15) is 0 Å². The third-order valence-electron chi connectivity index (χ3n) is 0. The Hall–Kier alpha value is -1.28. The van der Waals surface area contributed by atoms with Crippen LogP contribution in [-0.2, 0) is 17.1 Å². The second-order valence-electron chi connectivity index (χ2n) is 0. The summed E-state index contributed by atoms with van der Waals surface area (Å²) in [6.45, 7) is 28.5.